The molecule has 0 saturated carbocycles. The van der Waals surface area contributed by atoms with Crippen LogP contribution in [0.2, 0.25) is 0 Å². The van der Waals surface area contributed by atoms with Gasteiger partial charge in [-0.25, -0.2) is 14.6 Å². The molecule has 2 heterocycles. The highest BCUT2D eigenvalue weighted by Crippen LogP contribution is 2.25. The van der Waals surface area contributed by atoms with Crippen LogP contribution in [0.4, 0.5) is 10.5 Å². The number of hydrogen-bond donors (Lipinski definition) is 2. The number of hydrogen-bond acceptors (Lipinski definition) is 5. The van der Waals surface area contributed by atoms with E-state index in [1.807, 2.05) is 19.1 Å². The zero-order valence-electron chi connectivity index (χ0n) is 15.6. The molecule has 0 bridgehead atoms. The van der Waals surface area contributed by atoms with Crippen molar-refractivity contribution in [3.05, 3.63) is 65.7 Å². The van der Waals surface area contributed by atoms with Crippen molar-refractivity contribution in [3.63, 3.8) is 0 Å². The average Bonchev–Trinajstić information content (AvgIpc) is 3.15. The average molecular weight is 380 g/mol. The highest BCUT2D eigenvalue weighted by atomic mass is 16.5. The maximum absolute atomic E-state index is 13.2. The Bertz CT molecular complexity index is 1040. The molecule has 0 unspecified atom stereocenters. The molecular formula is C20H20N4O4. The Morgan fingerprint density at radius 1 is 1.11 bits per heavy atom. The number of aromatic nitrogens is 2. The van der Waals surface area contributed by atoms with Gasteiger partial charge in [-0.1, -0.05) is 19.1 Å². The van der Waals surface area contributed by atoms with Crippen LogP contribution in [0.5, 0.6) is 0 Å². The second-order valence-corrected chi connectivity index (χ2v) is 6.01. The Balaban J connectivity index is 2.07. The molecule has 2 aromatic heterocycles. The molecule has 3 rings (SSSR count). The lowest BCUT2D eigenvalue weighted by Crippen LogP contribution is -2.31. The van der Waals surface area contributed by atoms with Crippen LogP contribution in [0.15, 0.2) is 48.8 Å². The molecule has 0 fully saturated rings. The minimum Gasteiger partial charge on any atom is -0.465 e. The lowest BCUT2D eigenvalue weighted by Gasteiger charge is -2.14. The summed E-state index contributed by atoms with van der Waals surface area (Å²) in [5.41, 5.74) is 1.07. The molecule has 2 N–H and O–H groups in total. The van der Waals surface area contributed by atoms with Gasteiger partial charge in [0.15, 0.2) is 5.82 Å². The van der Waals surface area contributed by atoms with Crippen LogP contribution in [0, 0.1) is 0 Å². The lowest BCUT2D eigenvalue weighted by molar-refractivity contribution is 0.0602. The molecule has 0 aliphatic heterocycles. The van der Waals surface area contributed by atoms with Crippen LogP contribution in [0.1, 0.15) is 39.9 Å². The minimum atomic E-state index is -0.659. The predicted molar refractivity (Wildman–Crippen MR) is 104 cm³/mol. The van der Waals surface area contributed by atoms with Gasteiger partial charge in [0.1, 0.15) is 0 Å². The molecule has 0 saturated heterocycles. The molecule has 28 heavy (non-hydrogen) atoms. The highest BCUT2D eigenvalue weighted by molar-refractivity contribution is 6.15. The van der Waals surface area contributed by atoms with E-state index in [0.717, 1.165) is 11.9 Å². The summed E-state index contributed by atoms with van der Waals surface area (Å²) in [6, 6.07) is 9.52. The van der Waals surface area contributed by atoms with Crippen molar-refractivity contribution in [2.24, 2.45) is 0 Å². The molecule has 0 aliphatic carbocycles. The van der Waals surface area contributed by atoms with Gasteiger partial charge in [-0.05, 0) is 30.7 Å². The van der Waals surface area contributed by atoms with E-state index in [-0.39, 0.29) is 22.6 Å². The molecule has 3 aromatic rings. The van der Waals surface area contributed by atoms with Crippen LogP contribution in [-0.2, 0) is 4.74 Å². The van der Waals surface area contributed by atoms with E-state index in [9.17, 15) is 14.4 Å². The molecule has 8 heteroatoms. The van der Waals surface area contributed by atoms with Gasteiger partial charge in [0, 0.05) is 12.7 Å². The zero-order valence-corrected chi connectivity index (χ0v) is 15.6. The number of esters is 1. The molecule has 144 valence electrons. The Hall–Kier alpha value is -3.68. The Labute approximate surface area is 161 Å². The molecule has 1 aromatic carbocycles. The van der Waals surface area contributed by atoms with Gasteiger partial charge >= 0.3 is 12.0 Å². The first-order valence-corrected chi connectivity index (χ1v) is 8.79. The summed E-state index contributed by atoms with van der Waals surface area (Å²) in [5.74, 6) is -0.911. The smallest absolute Gasteiger partial charge is 0.340 e. The monoisotopic (exact) mass is 380 g/mol. The van der Waals surface area contributed by atoms with Gasteiger partial charge in [-0.15, -0.1) is 0 Å². The van der Waals surface area contributed by atoms with E-state index in [1.54, 1.807) is 28.9 Å². The number of methoxy groups -OCH3 is 1. The second kappa shape index (κ2) is 8.34. The number of anilines is 1. The van der Waals surface area contributed by atoms with E-state index in [0.29, 0.717) is 6.54 Å². The third kappa shape index (κ3) is 3.71. The van der Waals surface area contributed by atoms with Crippen molar-refractivity contribution in [1.82, 2.24) is 14.7 Å². The number of pyridine rings is 1. The fourth-order valence-corrected chi connectivity index (χ4v) is 2.78. The SMILES string of the molecule is CCCNC(=O)Nc1c(C(=O)OC)cccc1C(=O)c1ncc2ccccn12. The first-order valence-electron chi connectivity index (χ1n) is 8.79. The third-order valence-electron chi connectivity index (χ3n) is 4.13. The summed E-state index contributed by atoms with van der Waals surface area (Å²) in [7, 11) is 1.24. The Kier molecular flexibility index (Phi) is 5.69. The molecule has 0 aliphatic rings. The minimum absolute atomic E-state index is 0.0839. The third-order valence-corrected chi connectivity index (χ3v) is 4.13. The number of urea groups is 1. The normalized spacial score (nSPS) is 10.5. The number of imidazole rings is 1. The Morgan fingerprint density at radius 3 is 2.64 bits per heavy atom. The van der Waals surface area contributed by atoms with Gasteiger partial charge in [0.25, 0.3) is 0 Å². The van der Waals surface area contributed by atoms with E-state index in [1.165, 1.54) is 19.2 Å². The van der Waals surface area contributed by atoms with E-state index in [4.69, 9.17) is 4.74 Å². The number of fused-ring (bicyclic) bond motifs is 1. The fourth-order valence-electron chi connectivity index (χ4n) is 2.78. The van der Waals surface area contributed by atoms with E-state index >= 15 is 0 Å². The number of carbonyl (C=O) groups is 3. The van der Waals surface area contributed by atoms with Crippen molar-refractivity contribution < 1.29 is 19.1 Å². The largest absolute Gasteiger partial charge is 0.465 e. The summed E-state index contributed by atoms with van der Waals surface area (Å²) < 4.78 is 6.44. The number of nitrogens with zero attached hydrogens (tertiary/aromatic N) is 2. The van der Waals surface area contributed by atoms with Gasteiger partial charge in [0.05, 0.1) is 35.6 Å². The summed E-state index contributed by atoms with van der Waals surface area (Å²) in [5, 5.41) is 5.27. The summed E-state index contributed by atoms with van der Waals surface area (Å²) in [6.45, 7) is 2.38. The van der Waals surface area contributed by atoms with Crippen LogP contribution in [0.3, 0.4) is 0 Å². The molecular weight excluding hydrogens is 360 g/mol. The van der Waals surface area contributed by atoms with Gasteiger partial charge in [-0.2, -0.15) is 0 Å². The number of benzene rings is 1. The van der Waals surface area contributed by atoms with Crippen LogP contribution >= 0.6 is 0 Å². The van der Waals surface area contributed by atoms with Crippen molar-refractivity contribution in [2.75, 3.05) is 19.0 Å². The van der Waals surface area contributed by atoms with Crippen LogP contribution < -0.4 is 10.6 Å². The fraction of sp³-hybridized carbons (Fsp3) is 0.200. The molecule has 0 atom stereocenters. The molecule has 2 amide bonds. The Morgan fingerprint density at radius 2 is 1.89 bits per heavy atom. The highest BCUT2D eigenvalue weighted by Gasteiger charge is 2.24. The number of ether oxygens (including phenoxy) is 1. The zero-order chi connectivity index (χ0) is 20.1. The van der Waals surface area contributed by atoms with Crippen molar-refractivity contribution in [1.29, 1.82) is 0 Å². The van der Waals surface area contributed by atoms with Crippen molar-refractivity contribution >= 4 is 29.0 Å². The molecule has 8 nitrogen and oxygen atoms in total. The van der Waals surface area contributed by atoms with Crippen LogP contribution in [-0.4, -0.2) is 40.8 Å². The van der Waals surface area contributed by atoms with E-state index < -0.39 is 17.8 Å². The summed E-state index contributed by atoms with van der Waals surface area (Å²) >= 11 is 0. The summed E-state index contributed by atoms with van der Waals surface area (Å²) in [6.07, 6.45) is 4.05. The quantitative estimate of drug-likeness (QED) is 0.506. The molecule has 0 spiro atoms. The summed E-state index contributed by atoms with van der Waals surface area (Å²) in [4.78, 5) is 41.8. The number of amides is 2. The maximum Gasteiger partial charge on any atom is 0.340 e. The first kappa shape index (κ1) is 19.1. The maximum atomic E-state index is 13.2. The van der Waals surface area contributed by atoms with Crippen molar-refractivity contribution in [2.45, 2.75) is 13.3 Å². The lowest BCUT2D eigenvalue weighted by atomic mass is 10.0. The van der Waals surface area contributed by atoms with Crippen LogP contribution in [0.25, 0.3) is 5.52 Å². The number of ketones is 1. The topological polar surface area (TPSA) is 102 Å². The number of rotatable bonds is 6. The number of nitrogens with one attached hydrogen (secondary N) is 2. The van der Waals surface area contributed by atoms with E-state index in [2.05, 4.69) is 15.6 Å². The van der Waals surface area contributed by atoms with Gasteiger partial charge < -0.3 is 15.4 Å². The first-order chi connectivity index (χ1) is 13.6. The number of para-hydroxylation sites is 1. The molecule has 0 radical (unpaired) electrons. The predicted octanol–water partition coefficient (Wildman–Crippen LogP) is 2.88. The number of carbonyl (C=O) groups excluding carboxylic acids is 3. The standard InChI is InChI=1S/C20H20N4O4/c1-3-10-21-20(27)23-16-14(8-6-9-15(16)19(26)28-2)17(25)18-22-12-13-7-4-5-11-24(13)18/h4-9,11-12H,3,10H2,1-2H3,(H2,21,23,27). The van der Waals surface area contributed by atoms with Gasteiger partial charge in [-0.3, -0.25) is 9.20 Å². The van der Waals surface area contributed by atoms with Crippen molar-refractivity contribution in [3.8, 4) is 0 Å². The second-order valence-electron chi connectivity index (χ2n) is 6.01. The van der Waals surface area contributed by atoms with Gasteiger partial charge in [0.2, 0.25) is 5.78 Å².